The molecule has 0 aromatic heterocycles. The number of methoxy groups -OCH3 is 1. The van der Waals surface area contributed by atoms with Gasteiger partial charge >= 0.3 is 0 Å². The van der Waals surface area contributed by atoms with Crippen molar-refractivity contribution in [2.24, 2.45) is 0 Å². The second-order valence-corrected chi connectivity index (χ2v) is 6.24. The maximum absolute atomic E-state index is 5.34. The Morgan fingerprint density at radius 3 is 3.00 bits per heavy atom. The standard InChI is InChI=1S/C16H25BrN2O/c1-3-18-11-14-6-4-5-9-19(14)12-13-10-15(20-2)7-8-16(13)17/h7-8,10,14,18H,3-6,9,11-12H2,1-2H3. The summed E-state index contributed by atoms with van der Waals surface area (Å²) in [4.78, 5) is 2.60. The first-order chi connectivity index (χ1) is 9.74. The SMILES string of the molecule is CCNCC1CCCCN1Cc1cc(OC)ccc1Br. The Hall–Kier alpha value is -0.580. The molecule has 1 fully saturated rings. The molecular weight excluding hydrogens is 316 g/mol. The molecule has 0 bridgehead atoms. The molecule has 1 aromatic rings. The summed E-state index contributed by atoms with van der Waals surface area (Å²) >= 11 is 3.66. The van der Waals surface area contributed by atoms with Gasteiger partial charge in [0.1, 0.15) is 5.75 Å². The van der Waals surface area contributed by atoms with E-state index in [1.54, 1.807) is 7.11 Å². The molecule has 2 rings (SSSR count). The maximum Gasteiger partial charge on any atom is 0.119 e. The van der Waals surface area contributed by atoms with Gasteiger partial charge in [-0.25, -0.2) is 0 Å². The third kappa shape index (κ3) is 4.21. The average molecular weight is 341 g/mol. The minimum absolute atomic E-state index is 0.654. The second kappa shape index (κ2) is 8.01. The fraction of sp³-hybridized carbons (Fsp3) is 0.625. The molecule has 1 heterocycles. The molecule has 1 unspecified atom stereocenters. The van der Waals surface area contributed by atoms with Gasteiger partial charge < -0.3 is 10.1 Å². The lowest BCUT2D eigenvalue weighted by Crippen LogP contribution is -2.45. The van der Waals surface area contributed by atoms with Gasteiger partial charge in [0.25, 0.3) is 0 Å². The monoisotopic (exact) mass is 340 g/mol. The first-order valence-corrected chi connectivity index (χ1v) is 8.31. The molecule has 112 valence electrons. The first-order valence-electron chi connectivity index (χ1n) is 7.51. The number of hydrogen-bond acceptors (Lipinski definition) is 3. The summed E-state index contributed by atoms with van der Waals surface area (Å²) in [7, 11) is 1.72. The summed E-state index contributed by atoms with van der Waals surface area (Å²) in [5, 5.41) is 3.49. The molecule has 1 N–H and O–H groups in total. The van der Waals surface area contributed by atoms with E-state index in [0.717, 1.165) is 25.4 Å². The van der Waals surface area contributed by atoms with Crippen LogP contribution in [0.4, 0.5) is 0 Å². The molecule has 1 aromatic carbocycles. The Balaban J connectivity index is 2.05. The molecule has 3 nitrogen and oxygen atoms in total. The summed E-state index contributed by atoms with van der Waals surface area (Å²) in [5.41, 5.74) is 1.31. The Bertz CT molecular complexity index is 425. The third-order valence-corrected chi connectivity index (χ3v) is 4.78. The number of rotatable bonds is 6. The topological polar surface area (TPSA) is 24.5 Å². The van der Waals surface area contributed by atoms with E-state index in [9.17, 15) is 0 Å². The highest BCUT2D eigenvalue weighted by molar-refractivity contribution is 9.10. The molecule has 1 aliphatic heterocycles. The molecule has 0 radical (unpaired) electrons. The Morgan fingerprint density at radius 2 is 2.25 bits per heavy atom. The number of hydrogen-bond donors (Lipinski definition) is 1. The van der Waals surface area contributed by atoms with Crippen molar-refractivity contribution in [3.63, 3.8) is 0 Å². The van der Waals surface area contributed by atoms with E-state index in [-0.39, 0.29) is 0 Å². The number of benzene rings is 1. The van der Waals surface area contributed by atoms with Crippen molar-refractivity contribution in [2.75, 3.05) is 26.7 Å². The molecule has 1 atom stereocenters. The normalized spacial score (nSPS) is 20.1. The van der Waals surface area contributed by atoms with E-state index in [1.807, 2.05) is 6.07 Å². The quantitative estimate of drug-likeness (QED) is 0.858. The number of likely N-dealkylation sites (N-methyl/N-ethyl adjacent to an activating group) is 1. The van der Waals surface area contributed by atoms with E-state index in [1.165, 1.54) is 35.8 Å². The highest BCUT2D eigenvalue weighted by Gasteiger charge is 2.22. The van der Waals surface area contributed by atoms with E-state index in [0.29, 0.717) is 6.04 Å². The first kappa shape index (κ1) is 15.8. The molecule has 4 heteroatoms. The van der Waals surface area contributed by atoms with Crippen LogP contribution in [0, 0.1) is 0 Å². The number of nitrogens with one attached hydrogen (secondary N) is 1. The summed E-state index contributed by atoms with van der Waals surface area (Å²) in [6.45, 7) is 6.50. The van der Waals surface area contributed by atoms with Crippen molar-refractivity contribution >= 4 is 15.9 Å². The molecule has 1 aliphatic rings. The zero-order valence-electron chi connectivity index (χ0n) is 12.5. The van der Waals surface area contributed by atoms with Crippen molar-refractivity contribution < 1.29 is 4.74 Å². The number of ether oxygens (including phenoxy) is 1. The van der Waals surface area contributed by atoms with Crippen LogP contribution in [0.2, 0.25) is 0 Å². The summed E-state index contributed by atoms with van der Waals surface area (Å²) in [6.07, 6.45) is 3.96. The molecule has 20 heavy (non-hydrogen) atoms. The van der Waals surface area contributed by atoms with Gasteiger partial charge in [-0.15, -0.1) is 0 Å². The third-order valence-electron chi connectivity index (χ3n) is 4.01. The van der Waals surface area contributed by atoms with Crippen LogP contribution in [0.25, 0.3) is 0 Å². The number of nitrogens with zero attached hydrogens (tertiary/aromatic N) is 1. The van der Waals surface area contributed by atoms with E-state index in [2.05, 4.69) is 45.2 Å². The Kier molecular flexibility index (Phi) is 6.33. The second-order valence-electron chi connectivity index (χ2n) is 5.39. The summed E-state index contributed by atoms with van der Waals surface area (Å²) in [5.74, 6) is 0.934. The average Bonchev–Trinajstić information content (AvgIpc) is 2.48. The minimum atomic E-state index is 0.654. The fourth-order valence-electron chi connectivity index (χ4n) is 2.83. The largest absolute Gasteiger partial charge is 0.497 e. The fourth-order valence-corrected chi connectivity index (χ4v) is 3.20. The van der Waals surface area contributed by atoms with Crippen LogP contribution in [-0.4, -0.2) is 37.7 Å². The van der Waals surface area contributed by atoms with Gasteiger partial charge in [-0.1, -0.05) is 29.3 Å². The van der Waals surface area contributed by atoms with E-state index in [4.69, 9.17) is 4.74 Å². The van der Waals surface area contributed by atoms with Gasteiger partial charge in [0.15, 0.2) is 0 Å². The van der Waals surface area contributed by atoms with Crippen molar-refractivity contribution in [1.29, 1.82) is 0 Å². The molecule has 0 spiro atoms. The Labute approximate surface area is 130 Å². The van der Waals surface area contributed by atoms with Crippen molar-refractivity contribution in [3.05, 3.63) is 28.2 Å². The van der Waals surface area contributed by atoms with Crippen molar-refractivity contribution in [2.45, 2.75) is 38.8 Å². The zero-order chi connectivity index (χ0) is 14.4. The molecule has 1 saturated heterocycles. The molecule has 0 aliphatic carbocycles. The van der Waals surface area contributed by atoms with Gasteiger partial charge in [-0.3, -0.25) is 4.90 Å². The van der Waals surface area contributed by atoms with Crippen LogP contribution in [0.15, 0.2) is 22.7 Å². The number of piperidine rings is 1. The van der Waals surface area contributed by atoms with Crippen LogP contribution in [-0.2, 0) is 6.54 Å². The number of halogens is 1. The highest BCUT2D eigenvalue weighted by Crippen LogP contribution is 2.26. The molecule has 0 amide bonds. The van der Waals surface area contributed by atoms with Crippen LogP contribution >= 0.6 is 15.9 Å². The van der Waals surface area contributed by atoms with Gasteiger partial charge in [-0.2, -0.15) is 0 Å². The highest BCUT2D eigenvalue weighted by atomic mass is 79.9. The lowest BCUT2D eigenvalue weighted by atomic mass is 10.0. The summed E-state index contributed by atoms with van der Waals surface area (Å²) in [6, 6.07) is 6.88. The van der Waals surface area contributed by atoms with Crippen LogP contribution < -0.4 is 10.1 Å². The molecule has 0 saturated carbocycles. The predicted octanol–water partition coefficient (Wildman–Crippen LogP) is 3.42. The number of likely N-dealkylation sites (tertiary alicyclic amines) is 1. The van der Waals surface area contributed by atoms with Crippen LogP contribution in [0.5, 0.6) is 5.75 Å². The predicted molar refractivity (Wildman–Crippen MR) is 87.3 cm³/mol. The molecular formula is C16H25BrN2O. The van der Waals surface area contributed by atoms with Gasteiger partial charge in [0, 0.05) is 23.6 Å². The van der Waals surface area contributed by atoms with Crippen molar-refractivity contribution in [1.82, 2.24) is 10.2 Å². The van der Waals surface area contributed by atoms with Gasteiger partial charge in [-0.05, 0) is 49.7 Å². The lowest BCUT2D eigenvalue weighted by molar-refractivity contribution is 0.137. The maximum atomic E-state index is 5.34. The minimum Gasteiger partial charge on any atom is -0.497 e. The Morgan fingerprint density at radius 1 is 1.40 bits per heavy atom. The van der Waals surface area contributed by atoms with E-state index >= 15 is 0 Å². The summed E-state index contributed by atoms with van der Waals surface area (Å²) < 4.78 is 6.51. The van der Waals surface area contributed by atoms with Crippen LogP contribution in [0.3, 0.4) is 0 Å². The zero-order valence-corrected chi connectivity index (χ0v) is 14.1. The smallest absolute Gasteiger partial charge is 0.119 e. The van der Waals surface area contributed by atoms with Crippen LogP contribution in [0.1, 0.15) is 31.7 Å². The van der Waals surface area contributed by atoms with Gasteiger partial charge in [0.05, 0.1) is 7.11 Å². The van der Waals surface area contributed by atoms with E-state index < -0.39 is 0 Å². The van der Waals surface area contributed by atoms with Gasteiger partial charge in [0.2, 0.25) is 0 Å². The van der Waals surface area contributed by atoms with Crippen molar-refractivity contribution in [3.8, 4) is 5.75 Å². The lowest BCUT2D eigenvalue weighted by Gasteiger charge is -2.36.